The molecule has 3 atom stereocenters. The Morgan fingerprint density at radius 2 is 1.74 bits per heavy atom. The van der Waals surface area contributed by atoms with E-state index in [2.05, 4.69) is 0 Å². The van der Waals surface area contributed by atoms with Gasteiger partial charge in [-0.15, -0.1) is 0 Å². The number of aliphatic hydroxyl groups is 1. The van der Waals surface area contributed by atoms with Crippen LogP contribution in [0, 0.1) is 0 Å². The van der Waals surface area contributed by atoms with Crippen LogP contribution < -0.4 is 9.47 Å². The third-order valence-corrected chi connectivity index (χ3v) is 5.65. The third-order valence-electron chi connectivity index (χ3n) is 5.65. The van der Waals surface area contributed by atoms with Gasteiger partial charge in [-0.1, -0.05) is 30.3 Å². The number of ether oxygens (including phenoxy) is 4. The summed E-state index contributed by atoms with van der Waals surface area (Å²) in [5, 5.41) is 10.4. The van der Waals surface area contributed by atoms with Crippen molar-refractivity contribution in [2.75, 3.05) is 20.8 Å². The Labute approximate surface area is 204 Å². The van der Waals surface area contributed by atoms with E-state index in [0.29, 0.717) is 23.5 Å². The molecule has 0 radical (unpaired) electrons. The number of carbonyl (C=O) groups excluding carboxylic acids is 3. The van der Waals surface area contributed by atoms with Crippen LogP contribution in [0.5, 0.6) is 11.5 Å². The molecule has 2 aromatic carbocycles. The van der Waals surface area contributed by atoms with Gasteiger partial charge < -0.3 is 24.1 Å². The van der Waals surface area contributed by atoms with E-state index in [0.717, 1.165) is 10.5 Å². The van der Waals surface area contributed by atoms with Gasteiger partial charge in [0.15, 0.2) is 0 Å². The number of carbonyl (C=O) groups is 3. The standard InChI is InChI=1S/C26H31NO8/c1-17(35-25(30)13-19-11-22(32-2)15-23(12-19)33-3)9-21(28)14-24(29)27-20(16-34-26(27)31)10-18-7-5-4-6-8-18/h4-8,11-12,15,17,20-21,28H,9-10,13-14,16H2,1-3H3/t17-,20-,21-/m1/s1. The van der Waals surface area contributed by atoms with Crippen LogP contribution in [0.4, 0.5) is 4.79 Å². The highest BCUT2D eigenvalue weighted by atomic mass is 16.6. The van der Waals surface area contributed by atoms with Crippen molar-refractivity contribution in [3.63, 3.8) is 0 Å². The van der Waals surface area contributed by atoms with E-state index >= 15 is 0 Å². The van der Waals surface area contributed by atoms with Crippen molar-refractivity contribution in [2.45, 2.75) is 50.9 Å². The minimum absolute atomic E-state index is 0.00624. The van der Waals surface area contributed by atoms with Crippen LogP contribution in [0.2, 0.25) is 0 Å². The smallest absolute Gasteiger partial charge is 0.416 e. The first-order chi connectivity index (χ1) is 16.8. The van der Waals surface area contributed by atoms with E-state index in [1.807, 2.05) is 30.3 Å². The van der Waals surface area contributed by atoms with Gasteiger partial charge in [-0.25, -0.2) is 9.69 Å². The topological polar surface area (TPSA) is 112 Å². The van der Waals surface area contributed by atoms with E-state index in [4.69, 9.17) is 18.9 Å². The zero-order valence-electron chi connectivity index (χ0n) is 20.1. The van der Waals surface area contributed by atoms with Crippen LogP contribution in [0.3, 0.4) is 0 Å². The van der Waals surface area contributed by atoms with Crippen molar-refractivity contribution >= 4 is 18.0 Å². The predicted molar refractivity (Wildman–Crippen MR) is 126 cm³/mol. The zero-order chi connectivity index (χ0) is 25.4. The Hall–Kier alpha value is -3.59. The number of hydrogen-bond acceptors (Lipinski definition) is 8. The van der Waals surface area contributed by atoms with Gasteiger partial charge in [0.25, 0.3) is 0 Å². The van der Waals surface area contributed by atoms with Crippen molar-refractivity contribution in [3.8, 4) is 11.5 Å². The van der Waals surface area contributed by atoms with E-state index in [-0.39, 0.29) is 25.9 Å². The first kappa shape index (κ1) is 26.0. The number of esters is 1. The lowest BCUT2D eigenvalue weighted by molar-refractivity contribution is -0.148. The molecule has 0 saturated carbocycles. The van der Waals surface area contributed by atoms with Crippen molar-refractivity contribution in [3.05, 3.63) is 59.7 Å². The molecule has 1 N–H and O–H groups in total. The number of benzene rings is 2. The van der Waals surface area contributed by atoms with Crippen molar-refractivity contribution in [1.82, 2.24) is 4.90 Å². The van der Waals surface area contributed by atoms with Crippen LogP contribution in [0.15, 0.2) is 48.5 Å². The van der Waals surface area contributed by atoms with Crippen LogP contribution in [0.1, 0.15) is 30.9 Å². The molecule has 1 aliphatic rings. The number of amides is 2. The van der Waals surface area contributed by atoms with Gasteiger partial charge in [0.1, 0.15) is 24.2 Å². The number of nitrogens with zero attached hydrogens (tertiary/aromatic N) is 1. The molecule has 0 aliphatic carbocycles. The Kier molecular flexibility index (Phi) is 9.08. The van der Waals surface area contributed by atoms with Gasteiger partial charge in [-0.3, -0.25) is 9.59 Å². The summed E-state index contributed by atoms with van der Waals surface area (Å²) < 4.78 is 20.9. The summed E-state index contributed by atoms with van der Waals surface area (Å²) in [4.78, 5) is 38.4. The molecule has 1 fully saturated rings. The molecule has 3 rings (SSSR count). The molecule has 2 aromatic rings. The van der Waals surface area contributed by atoms with Gasteiger partial charge in [0.2, 0.25) is 5.91 Å². The van der Waals surface area contributed by atoms with E-state index < -0.39 is 36.2 Å². The van der Waals surface area contributed by atoms with Crippen LogP contribution in [-0.2, 0) is 31.9 Å². The fourth-order valence-corrected chi connectivity index (χ4v) is 4.02. The van der Waals surface area contributed by atoms with E-state index in [9.17, 15) is 19.5 Å². The largest absolute Gasteiger partial charge is 0.497 e. The second kappa shape index (κ2) is 12.2. The first-order valence-corrected chi connectivity index (χ1v) is 11.4. The third kappa shape index (κ3) is 7.45. The van der Waals surface area contributed by atoms with Crippen molar-refractivity contribution < 1.29 is 38.4 Å². The summed E-state index contributed by atoms with van der Waals surface area (Å²) in [6.07, 6.45) is -2.21. The molecule has 2 amide bonds. The van der Waals surface area contributed by atoms with Crippen molar-refractivity contribution in [2.24, 2.45) is 0 Å². The maximum absolute atomic E-state index is 12.8. The van der Waals surface area contributed by atoms with E-state index in [1.54, 1.807) is 25.1 Å². The summed E-state index contributed by atoms with van der Waals surface area (Å²) in [6, 6.07) is 14.2. The van der Waals surface area contributed by atoms with Gasteiger partial charge in [0.05, 0.1) is 39.2 Å². The SMILES string of the molecule is COc1cc(CC(=O)O[C@H](C)C[C@@H](O)CC(=O)N2C(=O)OC[C@H]2Cc2ccccc2)cc(OC)c1. The normalized spacial score (nSPS) is 16.9. The molecule has 9 nitrogen and oxygen atoms in total. The average Bonchev–Trinajstić information content (AvgIpc) is 3.18. The highest BCUT2D eigenvalue weighted by Gasteiger charge is 2.38. The summed E-state index contributed by atoms with van der Waals surface area (Å²) in [7, 11) is 3.04. The summed E-state index contributed by atoms with van der Waals surface area (Å²) in [5.41, 5.74) is 1.63. The lowest BCUT2D eigenvalue weighted by Gasteiger charge is -2.22. The second-order valence-corrected chi connectivity index (χ2v) is 8.48. The quantitative estimate of drug-likeness (QED) is 0.484. The minimum Gasteiger partial charge on any atom is -0.497 e. The fraction of sp³-hybridized carbons (Fsp3) is 0.423. The van der Waals surface area contributed by atoms with Gasteiger partial charge in [0, 0.05) is 12.5 Å². The number of imide groups is 1. The van der Waals surface area contributed by atoms with Gasteiger partial charge in [-0.05, 0) is 36.6 Å². The fourth-order valence-electron chi connectivity index (χ4n) is 4.02. The molecule has 1 saturated heterocycles. The van der Waals surface area contributed by atoms with Crippen LogP contribution in [-0.4, -0.2) is 67.1 Å². The molecule has 188 valence electrons. The summed E-state index contributed by atoms with van der Waals surface area (Å²) in [6.45, 7) is 1.75. The number of hydrogen-bond donors (Lipinski definition) is 1. The maximum Gasteiger partial charge on any atom is 0.416 e. The maximum atomic E-state index is 12.8. The minimum atomic E-state index is -1.09. The monoisotopic (exact) mass is 485 g/mol. The van der Waals surface area contributed by atoms with Crippen molar-refractivity contribution in [1.29, 1.82) is 0 Å². The highest BCUT2D eigenvalue weighted by Crippen LogP contribution is 2.23. The Bertz CT molecular complexity index is 1000. The molecule has 0 unspecified atom stereocenters. The Balaban J connectivity index is 1.50. The summed E-state index contributed by atoms with van der Waals surface area (Å²) >= 11 is 0. The molecule has 1 aliphatic heterocycles. The molecular weight excluding hydrogens is 454 g/mol. The lowest BCUT2D eigenvalue weighted by Crippen LogP contribution is -2.41. The second-order valence-electron chi connectivity index (χ2n) is 8.48. The Morgan fingerprint density at radius 1 is 1.09 bits per heavy atom. The zero-order valence-corrected chi connectivity index (χ0v) is 20.1. The van der Waals surface area contributed by atoms with E-state index in [1.165, 1.54) is 14.2 Å². The van der Waals surface area contributed by atoms with Gasteiger partial charge >= 0.3 is 12.1 Å². The number of rotatable bonds is 11. The predicted octanol–water partition coefficient (Wildman–Crippen LogP) is 2.91. The molecule has 35 heavy (non-hydrogen) atoms. The highest BCUT2D eigenvalue weighted by molar-refractivity contribution is 5.93. The lowest BCUT2D eigenvalue weighted by atomic mass is 10.0. The van der Waals surface area contributed by atoms with Gasteiger partial charge in [-0.2, -0.15) is 0 Å². The van der Waals surface area contributed by atoms with Crippen LogP contribution in [0.25, 0.3) is 0 Å². The molecule has 0 bridgehead atoms. The molecule has 1 heterocycles. The molecule has 9 heteroatoms. The first-order valence-electron chi connectivity index (χ1n) is 11.4. The average molecular weight is 486 g/mol. The number of aliphatic hydroxyl groups excluding tert-OH is 1. The molecular formula is C26H31NO8. The van der Waals surface area contributed by atoms with Crippen LogP contribution >= 0.6 is 0 Å². The number of cyclic esters (lactones) is 1. The summed E-state index contributed by atoms with van der Waals surface area (Å²) in [5.74, 6) is 0.0978. The molecule has 0 spiro atoms. The molecule has 0 aromatic heterocycles. The number of methoxy groups -OCH3 is 2. The Morgan fingerprint density at radius 3 is 2.37 bits per heavy atom.